The molecule has 0 saturated heterocycles. The average molecular weight is 274 g/mol. The summed E-state index contributed by atoms with van der Waals surface area (Å²) in [5, 5.41) is 9.86. The molecule has 1 aliphatic rings. The number of rotatable bonds is 3. The molecule has 2 heterocycles. The number of hydrogen-bond acceptors (Lipinski definition) is 3. The summed E-state index contributed by atoms with van der Waals surface area (Å²) in [6.07, 6.45) is 2.69. The molecule has 0 atom stereocenters. The fraction of sp³-hybridized carbons (Fsp3) is 0.286. The van der Waals surface area contributed by atoms with Crippen molar-refractivity contribution in [1.82, 2.24) is 9.78 Å². The van der Waals surface area contributed by atoms with E-state index in [2.05, 4.69) is 15.7 Å². The molecular formula is C14H15FN4O. The molecule has 1 aliphatic heterocycles. The number of nitrogens with zero attached hydrogens (tertiary/aromatic N) is 2. The van der Waals surface area contributed by atoms with E-state index in [0.29, 0.717) is 30.8 Å². The zero-order valence-corrected chi connectivity index (χ0v) is 11.1. The normalized spacial score (nSPS) is 13.8. The van der Waals surface area contributed by atoms with E-state index in [-0.39, 0.29) is 11.7 Å². The van der Waals surface area contributed by atoms with Gasteiger partial charge in [0.15, 0.2) is 0 Å². The Kier molecular flexibility index (Phi) is 3.14. The summed E-state index contributed by atoms with van der Waals surface area (Å²) >= 11 is 0. The van der Waals surface area contributed by atoms with Crippen LogP contribution in [0, 0.1) is 5.82 Å². The Morgan fingerprint density at radius 3 is 3.05 bits per heavy atom. The summed E-state index contributed by atoms with van der Waals surface area (Å²) in [6, 6.07) is 5.00. The average Bonchev–Trinajstić information content (AvgIpc) is 2.82. The lowest BCUT2D eigenvalue weighted by Gasteiger charge is -2.18. The first kappa shape index (κ1) is 12.7. The summed E-state index contributed by atoms with van der Waals surface area (Å²) in [4.78, 5) is 11.4. The minimum atomic E-state index is -0.304. The quantitative estimate of drug-likeness (QED) is 0.900. The van der Waals surface area contributed by atoms with Gasteiger partial charge in [-0.05, 0) is 30.2 Å². The molecular weight excluding hydrogens is 259 g/mol. The molecule has 6 heteroatoms. The highest BCUT2D eigenvalue weighted by molar-refractivity contribution is 5.94. The molecule has 104 valence electrons. The topological polar surface area (TPSA) is 59.0 Å². The highest BCUT2D eigenvalue weighted by Gasteiger charge is 2.17. The number of benzene rings is 1. The summed E-state index contributed by atoms with van der Waals surface area (Å²) in [6.45, 7) is 0.472. The van der Waals surface area contributed by atoms with Crippen molar-refractivity contribution >= 4 is 17.3 Å². The lowest BCUT2D eigenvalue weighted by Crippen LogP contribution is -2.19. The maximum atomic E-state index is 14.0. The molecule has 20 heavy (non-hydrogen) atoms. The van der Waals surface area contributed by atoms with Crippen molar-refractivity contribution in [2.24, 2.45) is 7.05 Å². The van der Waals surface area contributed by atoms with Crippen LogP contribution in [0.1, 0.15) is 17.7 Å². The molecule has 1 amide bonds. The van der Waals surface area contributed by atoms with Gasteiger partial charge in [0.1, 0.15) is 5.82 Å². The number of aryl methyl sites for hydroxylation is 2. The fourth-order valence-electron chi connectivity index (χ4n) is 2.29. The van der Waals surface area contributed by atoms with E-state index in [9.17, 15) is 9.18 Å². The van der Waals surface area contributed by atoms with Gasteiger partial charge in [0.2, 0.25) is 5.91 Å². The van der Waals surface area contributed by atoms with Crippen LogP contribution in [0.3, 0.4) is 0 Å². The number of anilines is 2. The summed E-state index contributed by atoms with van der Waals surface area (Å²) in [5.41, 5.74) is 2.86. The monoisotopic (exact) mass is 274 g/mol. The molecule has 0 bridgehead atoms. The van der Waals surface area contributed by atoms with Crippen LogP contribution < -0.4 is 10.6 Å². The third kappa shape index (κ3) is 2.36. The first-order valence-electron chi connectivity index (χ1n) is 6.46. The van der Waals surface area contributed by atoms with E-state index < -0.39 is 0 Å². The third-order valence-electron chi connectivity index (χ3n) is 3.47. The van der Waals surface area contributed by atoms with E-state index in [4.69, 9.17) is 0 Å². The Balaban J connectivity index is 1.81. The molecule has 3 rings (SSSR count). The van der Waals surface area contributed by atoms with Gasteiger partial charge >= 0.3 is 0 Å². The predicted molar refractivity (Wildman–Crippen MR) is 73.9 cm³/mol. The maximum Gasteiger partial charge on any atom is 0.224 e. The van der Waals surface area contributed by atoms with Crippen molar-refractivity contribution < 1.29 is 9.18 Å². The van der Waals surface area contributed by atoms with Gasteiger partial charge in [0.05, 0.1) is 17.9 Å². The van der Waals surface area contributed by atoms with E-state index in [0.717, 1.165) is 11.3 Å². The van der Waals surface area contributed by atoms with Gasteiger partial charge in [-0.25, -0.2) is 4.39 Å². The van der Waals surface area contributed by atoms with Crippen LogP contribution in [-0.2, 0) is 24.8 Å². The van der Waals surface area contributed by atoms with Crippen LogP contribution in [0.5, 0.6) is 0 Å². The van der Waals surface area contributed by atoms with Crippen LogP contribution in [-0.4, -0.2) is 15.7 Å². The molecule has 0 unspecified atom stereocenters. The Morgan fingerprint density at radius 2 is 2.30 bits per heavy atom. The van der Waals surface area contributed by atoms with E-state index in [1.54, 1.807) is 16.9 Å². The molecule has 0 fully saturated rings. The standard InChI is InChI=1S/C14H15FN4O/c1-19-10(4-5-17-19)8-16-13-7-12-9(6-11(13)15)2-3-14(20)18-12/h4-7,16H,2-3,8H2,1H3,(H,18,20). The minimum absolute atomic E-state index is 0.0262. The van der Waals surface area contributed by atoms with E-state index in [1.807, 2.05) is 13.1 Å². The van der Waals surface area contributed by atoms with Crippen molar-refractivity contribution in [2.75, 3.05) is 10.6 Å². The highest BCUT2D eigenvalue weighted by atomic mass is 19.1. The second-order valence-corrected chi connectivity index (χ2v) is 4.84. The van der Waals surface area contributed by atoms with Gasteiger partial charge in [0, 0.05) is 25.4 Å². The highest BCUT2D eigenvalue weighted by Crippen LogP contribution is 2.28. The Labute approximate surface area is 115 Å². The Morgan fingerprint density at radius 1 is 1.45 bits per heavy atom. The van der Waals surface area contributed by atoms with Crippen molar-refractivity contribution in [1.29, 1.82) is 0 Å². The van der Waals surface area contributed by atoms with Gasteiger partial charge in [-0.2, -0.15) is 5.10 Å². The fourth-order valence-corrected chi connectivity index (χ4v) is 2.29. The number of halogens is 1. The van der Waals surface area contributed by atoms with Crippen molar-refractivity contribution in [3.05, 3.63) is 41.5 Å². The van der Waals surface area contributed by atoms with Crippen molar-refractivity contribution in [3.63, 3.8) is 0 Å². The molecule has 0 aliphatic carbocycles. The van der Waals surface area contributed by atoms with Crippen molar-refractivity contribution in [3.8, 4) is 0 Å². The predicted octanol–water partition coefficient (Wildman–Crippen LogP) is 2.06. The molecule has 0 radical (unpaired) electrons. The molecule has 1 aromatic carbocycles. The second kappa shape index (κ2) is 4.96. The molecule has 2 N–H and O–H groups in total. The number of aromatic nitrogens is 2. The van der Waals surface area contributed by atoms with Crippen LogP contribution >= 0.6 is 0 Å². The smallest absolute Gasteiger partial charge is 0.224 e. The largest absolute Gasteiger partial charge is 0.377 e. The first-order chi connectivity index (χ1) is 9.63. The van der Waals surface area contributed by atoms with Gasteiger partial charge in [0.25, 0.3) is 0 Å². The Hall–Kier alpha value is -2.37. The first-order valence-corrected chi connectivity index (χ1v) is 6.46. The lowest BCUT2D eigenvalue weighted by molar-refractivity contribution is -0.116. The van der Waals surface area contributed by atoms with Crippen LogP contribution in [0.25, 0.3) is 0 Å². The Bertz CT molecular complexity index is 665. The number of carbonyl (C=O) groups excluding carboxylic acids is 1. The van der Waals surface area contributed by atoms with E-state index in [1.165, 1.54) is 6.07 Å². The van der Waals surface area contributed by atoms with Gasteiger partial charge in [-0.15, -0.1) is 0 Å². The van der Waals surface area contributed by atoms with Gasteiger partial charge in [-0.3, -0.25) is 9.48 Å². The van der Waals surface area contributed by atoms with Crippen molar-refractivity contribution in [2.45, 2.75) is 19.4 Å². The molecule has 0 spiro atoms. The summed E-state index contributed by atoms with van der Waals surface area (Å²) in [5.74, 6) is -0.330. The van der Waals surface area contributed by atoms with Crippen LogP contribution in [0.2, 0.25) is 0 Å². The number of fused-ring (bicyclic) bond motifs is 1. The summed E-state index contributed by atoms with van der Waals surface area (Å²) < 4.78 is 15.7. The van der Waals surface area contributed by atoms with Gasteiger partial charge in [-0.1, -0.05) is 0 Å². The van der Waals surface area contributed by atoms with Crippen LogP contribution in [0.4, 0.5) is 15.8 Å². The zero-order valence-electron chi connectivity index (χ0n) is 11.1. The maximum absolute atomic E-state index is 14.0. The zero-order chi connectivity index (χ0) is 14.1. The molecule has 1 aromatic heterocycles. The molecule has 2 aromatic rings. The third-order valence-corrected chi connectivity index (χ3v) is 3.47. The molecule has 5 nitrogen and oxygen atoms in total. The second-order valence-electron chi connectivity index (χ2n) is 4.84. The minimum Gasteiger partial charge on any atom is -0.377 e. The number of nitrogens with one attached hydrogen (secondary N) is 2. The number of amides is 1. The molecule has 0 saturated carbocycles. The SMILES string of the molecule is Cn1nccc1CNc1cc2c(cc1F)CCC(=O)N2. The number of carbonyl (C=O) groups is 1. The van der Waals surface area contributed by atoms with E-state index >= 15 is 0 Å². The number of hydrogen-bond donors (Lipinski definition) is 2. The summed E-state index contributed by atoms with van der Waals surface area (Å²) in [7, 11) is 1.83. The van der Waals surface area contributed by atoms with Gasteiger partial charge < -0.3 is 10.6 Å². The van der Waals surface area contributed by atoms with Crippen LogP contribution in [0.15, 0.2) is 24.4 Å². The lowest BCUT2D eigenvalue weighted by atomic mass is 10.0.